The zero-order valence-electron chi connectivity index (χ0n) is 10.2. The lowest BCUT2D eigenvalue weighted by Gasteiger charge is -2.18. The molecular weight excluding hydrogens is 226 g/mol. The maximum absolute atomic E-state index is 11.7. The standard InChI is InChI=1S/C11H19N3O.ClH/c1-7-5-8(2)14-9(7)10(15)13-6-11(3,4)12;/h5,14H,6,12H2,1-4H3,(H,13,15);1H. The summed E-state index contributed by atoms with van der Waals surface area (Å²) in [7, 11) is 0. The summed E-state index contributed by atoms with van der Waals surface area (Å²) in [5.41, 5.74) is 7.97. The van der Waals surface area contributed by atoms with E-state index in [9.17, 15) is 4.79 Å². The molecule has 0 unspecified atom stereocenters. The van der Waals surface area contributed by atoms with E-state index in [2.05, 4.69) is 10.3 Å². The molecule has 1 aromatic rings. The number of halogens is 1. The van der Waals surface area contributed by atoms with Gasteiger partial charge in [0.25, 0.3) is 5.91 Å². The van der Waals surface area contributed by atoms with Crippen LogP contribution in [0, 0.1) is 13.8 Å². The van der Waals surface area contributed by atoms with Gasteiger partial charge < -0.3 is 16.0 Å². The number of aryl methyl sites for hydroxylation is 2. The van der Waals surface area contributed by atoms with Gasteiger partial charge in [-0.25, -0.2) is 0 Å². The van der Waals surface area contributed by atoms with Crippen LogP contribution in [0.15, 0.2) is 6.07 Å². The minimum atomic E-state index is -0.384. The van der Waals surface area contributed by atoms with Gasteiger partial charge in [0.1, 0.15) is 5.69 Å². The first-order valence-corrected chi connectivity index (χ1v) is 5.03. The van der Waals surface area contributed by atoms with Gasteiger partial charge in [-0.1, -0.05) is 0 Å². The smallest absolute Gasteiger partial charge is 0.268 e. The Kier molecular flexibility index (Phi) is 5.03. The second-order valence-electron chi connectivity index (χ2n) is 4.68. The van der Waals surface area contributed by atoms with E-state index in [1.165, 1.54) is 0 Å². The SMILES string of the molecule is Cc1cc(C)c(C(=O)NCC(C)(C)N)[nH]1.Cl. The topological polar surface area (TPSA) is 70.9 Å². The van der Waals surface area contributed by atoms with Crippen LogP contribution in [0.5, 0.6) is 0 Å². The van der Waals surface area contributed by atoms with E-state index in [1.807, 2.05) is 33.8 Å². The second kappa shape index (κ2) is 5.37. The van der Waals surface area contributed by atoms with Gasteiger partial charge in [-0.15, -0.1) is 12.4 Å². The molecule has 0 atom stereocenters. The number of hydrogen-bond donors (Lipinski definition) is 3. The number of carbonyl (C=O) groups excluding carboxylic acids is 1. The molecule has 0 aliphatic carbocycles. The molecule has 1 rings (SSSR count). The second-order valence-corrected chi connectivity index (χ2v) is 4.68. The lowest BCUT2D eigenvalue weighted by atomic mass is 10.1. The molecule has 0 saturated carbocycles. The fourth-order valence-corrected chi connectivity index (χ4v) is 1.36. The number of aromatic nitrogens is 1. The third-order valence-electron chi connectivity index (χ3n) is 2.08. The fourth-order valence-electron chi connectivity index (χ4n) is 1.36. The van der Waals surface area contributed by atoms with E-state index in [-0.39, 0.29) is 23.9 Å². The highest BCUT2D eigenvalue weighted by atomic mass is 35.5. The Hall–Kier alpha value is -1.00. The molecule has 4 N–H and O–H groups in total. The monoisotopic (exact) mass is 245 g/mol. The third-order valence-corrected chi connectivity index (χ3v) is 2.08. The number of hydrogen-bond acceptors (Lipinski definition) is 2. The molecule has 1 aromatic heterocycles. The van der Waals surface area contributed by atoms with Crippen molar-refractivity contribution < 1.29 is 4.79 Å². The maximum atomic E-state index is 11.7. The molecule has 0 aliphatic rings. The van der Waals surface area contributed by atoms with E-state index < -0.39 is 0 Å². The molecular formula is C11H20ClN3O. The number of nitrogens with one attached hydrogen (secondary N) is 2. The summed E-state index contributed by atoms with van der Waals surface area (Å²) in [6, 6.07) is 1.95. The normalized spacial score (nSPS) is 10.8. The Bertz CT molecular complexity index is 366. The average molecular weight is 246 g/mol. The molecule has 0 radical (unpaired) electrons. The van der Waals surface area contributed by atoms with E-state index in [0.29, 0.717) is 12.2 Å². The number of aromatic amines is 1. The van der Waals surface area contributed by atoms with Crippen LogP contribution < -0.4 is 11.1 Å². The van der Waals surface area contributed by atoms with Crippen molar-refractivity contribution in [2.45, 2.75) is 33.2 Å². The maximum Gasteiger partial charge on any atom is 0.268 e. The zero-order chi connectivity index (χ0) is 11.6. The lowest BCUT2D eigenvalue weighted by molar-refractivity contribution is 0.0941. The summed E-state index contributed by atoms with van der Waals surface area (Å²) < 4.78 is 0. The largest absolute Gasteiger partial charge is 0.354 e. The van der Waals surface area contributed by atoms with Crippen molar-refractivity contribution in [3.8, 4) is 0 Å². The fraction of sp³-hybridized carbons (Fsp3) is 0.545. The van der Waals surface area contributed by atoms with Gasteiger partial charge in [-0.2, -0.15) is 0 Å². The number of rotatable bonds is 3. The van der Waals surface area contributed by atoms with Gasteiger partial charge in [-0.3, -0.25) is 4.79 Å². The number of amides is 1. The predicted molar refractivity (Wildman–Crippen MR) is 68.1 cm³/mol. The molecule has 0 spiro atoms. The zero-order valence-corrected chi connectivity index (χ0v) is 11.0. The van der Waals surface area contributed by atoms with Crippen molar-refractivity contribution in [1.82, 2.24) is 10.3 Å². The Morgan fingerprint density at radius 3 is 2.44 bits per heavy atom. The van der Waals surface area contributed by atoms with Crippen LogP contribution >= 0.6 is 12.4 Å². The quantitative estimate of drug-likeness (QED) is 0.756. The summed E-state index contributed by atoms with van der Waals surface area (Å²) in [5, 5.41) is 2.80. The van der Waals surface area contributed by atoms with Crippen molar-refractivity contribution in [2.75, 3.05) is 6.54 Å². The van der Waals surface area contributed by atoms with Gasteiger partial charge in [-0.05, 0) is 39.3 Å². The van der Waals surface area contributed by atoms with Crippen molar-refractivity contribution in [2.24, 2.45) is 5.73 Å². The van der Waals surface area contributed by atoms with Crippen LogP contribution in [0.2, 0.25) is 0 Å². The van der Waals surface area contributed by atoms with Crippen LogP contribution in [0.25, 0.3) is 0 Å². The lowest BCUT2D eigenvalue weighted by Crippen LogP contribution is -2.45. The van der Waals surface area contributed by atoms with E-state index in [1.54, 1.807) is 0 Å². The minimum absolute atomic E-state index is 0. The first kappa shape index (κ1) is 15.0. The summed E-state index contributed by atoms with van der Waals surface area (Å²) in [4.78, 5) is 14.8. The first-order chi connectivity index (χ1) is 6.79. The summed E-state index contributed by atoms with van der Waals surface area (Å²) in [6.45, 7) is 8.05. The molecule has 0 fully saturated rings. The van der Waals surface area contributed by atoms with Crippen LogP contribution in [0.1, 0.15) is 35.6 Å². The minimum Gasteiger partial charge on any atom is -0.354 e. The summed E-state index contributed by atoms with van der Waals surface area (Å²) in [5.74, 6) is -0.0980. The first-order valence-electron chi connectivity index (χ1n) is 5.03. The van der Waals surface area contributed by atoms with Gasteiger partial charge >= 0.3 is 0 Å². The van der Waals surface area contributed by atoms with Crippen molar-refractivity contribution >= 4 is 18.3 Å². The molecule has 1 amide bonds. The Morgan fingerprint density at radius 2 is 2.06 bits per heavy atom. The number of H-pyrrole nitrogens is 1. The molecule has 16 heavy (non-hydrogen) atoms. The molecule has 0 aliphatic heterocycles. The highest BCUT2D eigenvalue weighted by Crippen LogP contribution is 2.08. The Morgan fingerprint density at radius 1 is 1.50 bits per heavy atom. The van der Waals surface area contributed by atoms with Crippen molar-refractivity contribution in [1.29, 1.82) is 0 Å². The van der Waals surface area contributed by atoms with Crippen molar-refractivity contribution in [3.05, 3.63) is 23.0 Å². The predicted octanol–water partition coefficient (Wildman–Crippen LogP) is 1.52. The highest BCUT2D eigenvalue weighted by molar-refractivity contribution is 5.94. The molecule has 0 bridgehead atoms. The Balaban J connectivity index is 0.00000225. The summed E-state index contributed by atoms with van der Waals surface area (Å²) >= 11 is 0. The Labute approximate surface area is 102 Å². The van der Waals surface area contributed by atoms with Crippen LogP contribution in [0.3, 0.4) is 0 Å². The summed E-state index contributed by atoms with van der Waals surface area (Å²) in [6.07, 6.45) is 0. The average Bonchev–Trinajstić information content (AvgIpc) is 2.40. The van der Waals surface area contributed by atoms with Gasteiger partial charge in [0.2, 0.25) is 0 Å². The van der Waals surface area contributed by atoms with Crippen LogP contribution in [-0.2, 0) is 0 Å². The van der Waals surface area contributed by atoms with Crippen LogP contribution in [-0.4, -0.2) is 23.0 Å². The number of carbonyl (C=O) groups is 1. The van der Waals surface area contributed by atoms with Gasteiger partial charge in [0, 0.05) is 17.8 Å². The van der Waals surface area contributed by atoms with Crippen molar-refractivity contribution in [3.63, 3.8) is 0 Å². The van der Waals surface area contributed by atoms with Crippen LogP contribution in [0.4, 0.5) is 0 Å². The molecule has 1 heterocycles. The van der Waals surface area contributed by atoms with Gasteiger partial charge in [0.15, 0.2) is 0 Å². The van der Waals surface area contributed by atoms with E-state index >= 15 is 0 Å². The molecule has 0 aromatic carbocycles. The molecule has 0 saturated heterocycles. The van der Waals surface area contributed by atoms with Gasteiger partial charge in [0.05, 0.1) is 0 Å². The van der Waals surface area contributed by atoms with E-state index in [0.717, 1.165) is 11.3 Å². The molecule has 92 valence electrons. The molecule has 5 heteroatoms. The third kappa shape index (κ3) is 4.24. The van der Waals surface area contributed by atoms with E-state index in [4.69, 9.17) is 5.73 Å². The highest BCUT2D eigenvalue weighted by Gasteiger charge is 2.15. The molecule has 4 nitrogen and oxygen atoms in total. The number of nitrogens with two attached hydrogens (primary N) is 1.